The Morgan fingerprint density at radius 1 is 1.12 bits per heavy atom. The number of phenolic OH excluding ortho intramolecular Hbond substituents is 1. The predicted octanol–water partition coefficient (Wildman–Crippen LogP) is 2.48. The summed E-state index contributed by atoms with van der Waals surface area (Å²) in [6.07, 6.45) is 0. The van der Waals surface area contributed by atoms with Gasteiger partial charge in [-0.15, -0.1) is 0 Å². The summed E-state index contributed by atoms with van der Waals surface area (Å²) in [5, 5.41) is 12.5. The predicted molar refractivity (Wildman–Crippen MR) is 93.3 cm³/mol. The molecule has 6 heteroatoms. The number of nitrogens with zero attached hydrogens (tertiary/aromatic N) is 2. The first-order valence-electron chi connectivity index (χ1n) is 7.78. The van der Waals surface area contributed by atoms with E-state index < -0.39 is 0 Å². The molecule has 3 rings (SSSR count). The molecule has 0 aliphatic rings. The zero-order valence-corrected chi connectivity index (χ0v) is 13.6. The highest BCUT2D eigenvalue weighted by atomic mass is 16.3. The van der Waals surface area contributed by atoms with Gasteiger partial charge in [0.15, 0.2) is 0 Å². The average Bonchev–Trinajstić information content (AvgIpc) is 2.82. The lowest BCUT2D eigenvalue weighted by molar-refractivity contribution is -0.116. The van der Waals surface area contributed by atoms with Crippen LogP contribution in [0.25, 0.3) is 11.0 Å². The van der Waals surface area contributed by atoms with Crippen molar-refractivity contribution in [1.29, 1.82) is 0 Å². The van der Waals surface area contributed by atoms with Gasteiger partial charge in [0.1, 0.15) is 12.3 Å². The normalized spacial score (nSPS) is 10.9. The molecular weight excluding hydrogens is 306 g/mol. The number of amides is 1. The van der Waals surface area contributed by atoms with Crippen molar-refractivity contribution in [1.82, 2.24) is 9.13 Å². The maximum Gasteiger partial charge on any atom is 0.329 e. The fraction of sp³-hybridized carbons (Fsp3) is 0.222. The van der Waals surface area contributed by atoms with Crippen LogP contribution >= 0.6 is 0 Å². The number of imidazole rings is 1. The fourth-order valence-corrected chi connectivity index (χ4v) is 2.81. The van der Waals surface area contributed by atoms with Crippen molar-refractivity contribution in [3.8, 4) is 5.75 Å². The molecule has 0 spiro atoms. The largest absolute Gasteiger partial charge is 0.506 e. The van der Waals surface area contributed by atoms with Crippen LogP contribution < -0.4 is 11.0 Å². The van der Waals surface area contributed by atoms with E-state index in [1.54, 1.807) is 22.8 Å². The lowest BCUT2D eigenvalue weighted by Crippen LogP contribution is -2.29. The van der Waals surface area contributed by atoms with Crippen molar-refractivity contribution >= 4 is 22.6 Å². The van der Waals surface area contributed by atoms with E-state index in [1.165, 1.54) is 4.57 Å². The highest BCUT2D eigenvalue weighted by molar-refractivity contribution is 5.93. The van der Waals surface area contributed by atoms with Crippen molar-refractivity contribution in [2.75, 3.05) is 5.32 Å². The molecule has 3 aromatic rings. The summed E-state index contributed by atoms with van der Waals surface area (Å²) in [4.78, 5) is 24.8. The standard InChI is InChI=1S/C18H19N3O3/c1-3-20-14-6-4-5-7-15(14)21(18(20)24)11-17(23)19-13-9-8-12(2)10-16(13)22/h4-10,22H,3,11H2,1-2H3,(H,19,23). The van der Waals surface area contributed by atoms with Gasteiger partial charge in [0.2, 0.25) is 5.91 Å². The van der Waals surface area contributed by atoms with Gasteiger partial charge in [0.25, 0.3) is 0 Å². The number of rotatable bonds is 4. The van der Waals surface area contributed by atoms with Gasteiger partial charge >= 0.3 is 5.69 Å². The number of nitrogens with one attached hydrogen (secondary N) is 1. The number of fused-ring (bicyclic) bond motifs is 1. The quantitative estimate of drug-likeness (QED) is 0.724. The van der Waals surface area contributed by atoms with Gasteiger partial charge in [0, 0.05) is 6.54 Å². The van der Waals surface area contributed by atoms with Crippen LogP contribution in [0.15, 0.2) is 47.3 Å². The van der Waals surface area contributed by atoms with Crippen LogP contribution in [0.3, 0.4) is 0 Å². The molecule has 2 N–H and O–H groups in total. The van der Waals surface area contributed by atoms with E-state index in [0.717, 1.165) is 11.1 Å². The Morgan fingerprint density at radius 2 is 1.79 bits per heavy atom. The van der Waals surface area contributed by atoms with Crippen LogP contribution in [0.2, 0.25) is 0 Å². The number of hydrogen-bond acceptors (Lipinski definition) is 3. The molecule has 2 aromatic carbocycles. The third-order valence-corrected chi connectivity index (χ3v) is 3.97. The third kappa shape index (κ3) is 2.78. The number of carbonyl (C=O) groups excluding carboxylic acids is 1. The molecule has 1 amide bonds. The van der Waals surface area contributed by atoms with Crippen molar-refractivity contribution in [2.24, 2.45) is 0 Å². The number of para-hydroxylation sites is 2. The molecule has 24 heavy (non-hydrogen) atoms. The zero-order valence-electron chi connectivity index (χ0n) is 13.6. The van der Waals surface area contributed by atoms with E-state index in [2.05, 4.69) is 5.32 Å². The van der Waals surface area contributed by atoms with Crippen molar-refractivity contribution in [3.63, 3.8) is 0 Å². The van der Waals surface area contributed by atoms with Crippen molar-refractivity contribution < 1.29 is 9.90 Å². The van der Waals surface area contributed by atoms with Crippen LogP contribution in [-0.4, -0.2) is 20.1 Å². The Balaban J connectivity index is 1.91. The minimum atomic E-state index is -0.366. The molecular formula is C18H19N3O3. The second-order valence-electron chi connectivity index (χ2n) is 5.67. The molecule has 0 fully saturated rings. The Morgan fingerprint density at radius 3 is 2.42 bits per heavy atom. The molecule has 0 atom stereocenters. The minimum Gasteiger partial charge on any atom is -0.506 e. The summed E-state index contributed by atoms with van der Waals surface area (Å²) in [5.41, 5.74) is 2.52. The lowest BCUT2D eigenvalue weighted by atomic mass is 10.2. The van der Waals surface area contributed by atoms with E-state index in [-0.39, 0.29) is 23.9 Å². The molecule has 1 aromatic heterocycles. The number of carbonyl (C=O) groups is 1. The summed E-state index contributed by atoms with van der Waals surface area (Å²) >= 11 is 0. The number of hydrogen-bond donors (Lipinski definition) is 2. The molecule has 0 aliphatic heterocycles. The Labute approximate surface area is 139 Å². The molecule has 0 bridgehead atoms. The number of aromatic nitrogens is 2. The van der Waals surface area contributed by atoms with Gasteiger partial charge in [-0.2, -0.15) is 0 Å². The van der Waals surface area contributed by atoms with Gasteiger partial charge < -0.3 is 10.4 Å². The first-order chi connectivity index (χ1) is 11.5. The molecule has 1 heterocycles. The molecule has 0 aliphatic carbocycles. The Hall–Kier alpha value is -3.02. The molecule has 0 saturated heterocycles. The minimum absolute atomic E-state index is 0.00619. The SMILES string of the molecule is CCn1c(=O)n(CC(=O)Nc2ccc(C)cc2O)c2ccccc21. The first kappa shape index (κ1) is 15.9. The first-order valence-corrected chi connectivity index (χ1v) is 7.78. The van der Waals surface area contributed by atoms with Crippen LogP contribution in [0.1, 0.15) is 12.5 Å². The van der Waals surface area contributed by atoms with Gasteiger partial charge in [-0.1, -0.05) is 18.2 Å². The average molecular weight is 325 g/mol. The van der Waals surface area contributed by atoms with Gasteiger partial charge in [0.05, 0.1) is 16.7 Å². The van der Waals surface area contributed by atoms with E-state index in [0.29, 0.717) is 17.7 Å². The molecule has 0 saturated carbocycles. The van der Waals surface area contributed by atoms with E-state index in [4.69, 9.17) is 0 Å². The van der Waals surface area contributed by atoms with E-state index >= 15 is 0 Å². The Bertz CT molecular complexity index is 969. The van der Waals surface area contributed by atoms with Crippen LogP contribution in [-0.2, 0) is 17.9 Å². The van der Waals surface area contributed by atoms with Crippen LogP contribution in [0.4, 0.5) is 5.69 Å². The maximum atomic E-state index is 12.5. The molecule has 6 nitrogen and oxygen atoms in total. The second-order valence-corrected chi connectivity index (χ2v) is 5.67. The zero-order chi connectivity index (χ0) is 17.3. The molecule has 0 unspecified atom stereocenters. The Kier molecular flexibility index (Phi) is 4.12. The van der Waals surface area contributed by atoms with Gasteiger partial charge in [-0.25, -0.2) is 4.79 Å². The fourth-order valence-electron chi connectivity index (χ4n) is 2.81. The smallest absolute Gasteiger partial charge is 0.329 e. The molecule has 124 valence electrons. The number of benzene rings is 2. The summed E-state index contributed by atoms with van der Waals surface area (Å²) in [5.74, 6) is -0.359. The summed E-state index contributed by atoms with van der Waals surface area (Å²) in [6, 6.07) is 12.4. The van der Waals surface area contributed by atoms with Crippen LogP contribution in [0.5, 0.6) is 5.75 Å². The summed E-state index contributed by atoms with van der Waals surface area (Å²) in [6.45, 7) is 4.17. The lowest BCUT2D eigenvalue weighted by Gasteiger charge is -2.08. The third-order valence-electron chi connectivity index (χ3n) is 3.97. The number of aromatic hydroxyl groups is 1. The summed E-state index contributed by atoms with van der Waals surface area (Å²) < 4.78 is 3.07. The van der Waals surface area contributed by atoms with Crippen molar-refractivity contribution in [3.05, 3.63) is 58.5 Å². The van der Waals surface area contributed by atoms with E-state index in [9.17, 15) is 14.7 Å². The highest BCUT2D eigenvalue weighted by Crippen LogP contribution is 2.24. The number of aryl methyl sites for hydroxylation is 2. The second kappa shape index (κ2) is 6.23. The monoisotopic (exact) mass is 325 g/mol. The summed E-state index contributed by atoms with van der Waals surface area (Å²) in [7, 11) is 0. The maximum absolute atomic E-state index is 12.5. The molecule has 0 radical (unpaired) electrons. The topological polar surface area (TPSA) is 76.3 Å². The van der Waals surface area contributed by atoms with Gasteiger partial charge in [-0.3, -0.25) is 13.9 Å². The van der Waals surface area contributed by atoms with Crippen molar-refractivity contribution in [2.45, 2.75) is 26.9 Å². The van der Waals surface area contributed by atoms with Crippen LogP contribution in [0, 0.1) is 6.92 Å². The van der Waals surface area contributed by atoms with E-state index in [1.807, 2.05) is 38.1 Å². The van der Waals surface area contributed by atoms with Gasteiger partial charge in [-0.05, 0) is 43.7 Å². The number of anilines is 1. The highest BCUT2D eigenvalue weighted by Gasteiger charge is 2.15. The number of phenols is 1.